The van der Waals surface area contributed by atoms with Gasteiger partial charge in [0, 0.05) is 30.0 Å². The number of anilines is 1. The van der Waals surface area contributed by atoms with Crippen LogP contribution in [-0.4, -0.2) is 27.8 Å². The number of nitrogens with one attached hydrogen (secondary N) is 1. The first kappa shape index (κ1) is 19.8. The van der Waals surface area contributed by atoms with Gasteiger partial charge in [0.05, 0.1) is 20.4 Å². The number of hydrogen-bond acceptors (Lipinski definition) is 7. The number of non-ortho nitro benzene ring substituents is 2. The van der Waals surface area contributed by atoms with Gasteiger partial charge in [0.25, 0.3) is 17.3 Å². The van der Waals surface area contributed by atoms with Crippen molar-refractivity contribution in [3.8, 4) is 0 Å². The normalized spacial score (nSPS) is 11.3. The second kappa shape index (κ2) is 8.23. The molecule has 10 nitrogen and oxygen atoms in total. The van der Waals surface area contributed by atoms with Gasteiger partial charge in [0.2, 0.25) is 0 Å². The van der Waals surface area contributed by atoms with E-state index in [1.165, 1.54) is 31.2 Å². The fraction of sp³-hybridized carbons (Fsp3) is 0.125. The second-order valence-electron chi connectivity index (χ2n) is 5.27. The SMILES string of the molecule is CC(OC(=O)c1cc([N+](=O)[O-])ccc1Cl)C(=O)Nc1cccc([N+](=O)[O-])c1. The van der Waals surface area contributed by atoms with Gasteiger partial charge in [-0.05, 0) is 19.1 Å². The van der Waals surface area contributed by atoms with Gasteiger partial charge in [-0.3, -0.25) is 25.0 Å². The molecule has 2 rings (SSSR count). The van der Waals surface area contributed by atoms with Crippen LogP contribution in [0.4, 0.5) is 17.1 Å². The summed E-state index contributed by atoms with van der Waals surface area (Å²) in [4.78, 5) is 44.5. The van der Waals surface area contributed by atoms with Gasteiger partial charge < -0.3 is 10.1 Å². The number of carbonyl (C=O) groups excluding carboxylic acids is 2. The van der Waals surface area contributed by atoms with Gasteiger partial charge in [-0.25, -0.2) is 4.79 Å². The van der Waals surface area contributed by atoms with Crippen molar-refractivity contribution in [1.82, 2.24) is 0 Å². The Labute approximate surface area is 157 Å². The van der Waals surface area contributed by atoms with E-state index in [2.05, 4.69) is 5.32 Å². The summed E-state index contributed by atoms with van der Waals surface area (Å²) in [5.41, 5.74) is -0.702. The minimum atomic E-state index is -1.29. The second-order valence-corrected chi connectivity index (χ2v) is 5.67. The molecule has 0 aliphatic carbocycles. The van der Waals surface area contributed by atoms with Crippen LogP contribution in [0, 0.1) is 20.2 Å². The van der Waals surface area contributed by atoms with E-state index in [0.717, 1.165) is 18.2 Å². The molecule has 1 atom stereocenters. The number of rotatable bonds is 6. The summed E-state index contributed by atoms with van der Waals surface area (Å²) < 4.78 is 4.97. The summed E-state index contributed by atoms with van der Waals surface area (Å²) in [5.74, 6) is -1.77. The molecule has 0 bridgehead atoms. The third-order valence-corrected chi connectivity index (χ3v) is 3.69. The Morgan fingerprint density at radius 3 is 2.33 bits per heavy atom. The molecule has 0 aliphatic rings. The first-order valence-electron chi connectivity index (χ1n) is 7.39. The van der Waals surface area contributed by atoms with Crippen molar-refractivity contribution in [1.29, 1.82) is 0 Å². The van der Waals surface area contributed by atoms with Gasteiger partial charge in [-0.15, -0.1) is 0 Å². The Morgan fingerprint density at radius 1 is 1.07 bits per heavy atom. The highest BCUT2D eigenvalue weighted by molar-refractivity contribution is 6.33. The molecule has 0 heterocycles. The Kier molecular flexibility index (Phi) is 6.03. The number of amides is 1. The number of halogens is 1. The number of nitro groups is 2. The van der Waals surface area contributed by atoms with Crippen LogP contribution in [0.15, 0.2) is 42.5 Å². The molecule has 0 aliphatic heterocycles. The molecule has 11 heteroatoms. The predicted molar refractivity (Wildman–Crippen MR) is 94.7 cm³/mol. The van der Waals surface area contributed by atoms with E-state index in [0.29, 0.717) is 0 Å². The van der Waals surface area contributed by atoms with Crippen molar-refractivity contribution in [2.45, 2.75) is 13.0 Å². The van der Waals surface area contributed by atoms with Gasteiger partial charge >= 0.3 is 5.97 Å². The minimum absolute atomic E-state index is 0.0723. The van der Waals surface area contributed by atoms with Crippen LogP contribution in [0.25, 0.3) is 0 Å². The van der Waals surface area contributed by atoms with Crippen molar-refractivity contribution in [3.05, 3.63) is 73.3 Å². The number of esters is 1. The van der Waals surface area contributed by atoms with Crippen LogP contribution >= 0.6 is 11.6 Å². The molecule has 0 fully saturated rings. The minimum Gasteiger partial charge on any atom is -0.449 e. The lowest BCUT2D eigenvalue weighted by Crippen LogP contribution is -2.30. The zero-order valence-electron chi connectivity index (χ0n) is 13.7. The third kappa shape index (κ3) is 4.98. The Hall–Kier alpha value is -3.53. The Morgan fingerprint density at radius 2 is 1.70 bits per heavy atom. The predicted octanol–water partition coefficient (Wildman–Crippen LogP) is 3.34. The van der Waals surface area contributed by atoms with Crippen LogP contribution in [0.3, 0.4) is 0 Å². The highest BCUT2D eigenvalue weighted by atomic mass is 35.5. The van der Waals surface area contributed by atoms with Crippen LogP contribution in [0.5, 0.6) is 0 Å². The van der Waals surface area contributed by atoms with Crippen LogP contribution in [-0.2, 0) is 9.53 Å². The highest BCUT2D eigenvalue weighted by Crippen LogP contribution is 2.23. The van der Waals surface area contributed by atoms with E-state index in [1.807, 2.05) is 0 Å². The van der Waals surface area contributed by atoms with Crippen molar-refractivity contribution in [3.63, 3.8) is 0 Å². The summed E-state index contributed by atoms with van der Waals surface area (Å²) >= 11 is 5.85. The fourth-order valence-electron chi connectivity index (χ4n) is 2.00. The summed E-state index contributed by atoms with van der Waals surface area (Å²) in [6, 6.07) is 8.44. The molecular weight excluding hydrogens is 382 g/mol. The number of hydrogen-bond donors (Lipinski definition) is 1. The molecule has 0 saturated carbocycles. The lowest BCUT2D eigenvalue weighted by atomic mass is 10.2. The molecular formula is C16H12ClN3O7. The lowest BCUT2D eigenvalue weighted by molar-refractivity contribution is -0.385. The van der Waals surface area contributed by atoms with Gasteiger partial charge in [0.15, 0.2) is 6.10 Å². The quantitative estimate of drug-likeness (QED) is 0.450. The summed E-state index contributed by atoms with van der Waals surface area (Å²) in [7, 11) is 0. The molecule has 2 aromatic carbocycles. The molecule has 140 valence electrons. The van der Waals surface area contributed by atoms with Gasteiger partial charge in [0.1, 0.15) is 0 Å². The monoisotopic (exact) mass is 393 g/mol. The summed E-state index contributed by atoms with van der Waals surface area (Å²) in [6.45, 7) is 1.27. The topological polar surface area (TPSA) is 142 Å². The summed E-state index contributed by atoms with van der Waals surface area (Å²) in [6.07, 6.45) is -1.29. The molecule has 2 aromatic rings. The average molecular weight is 394 g/mol. The van der Waals surface area contributed by atoms with Crippen LogP contribution in [0.1, 0.15) is 17.3 Å². The van der Waals surface area contributed by atoms with E-state index in [4.69, 9.17) is 16.3 Å². The molecule has 27 heavy (non-hydrogen) atoms. The molecule has 0 aromatic heterocycles. The largest absolute Gasteiger partial charge is 0.449 e. The first-order valence-corrected chi connectivity index (χ1v) is 7.77. The van der Waals surface area contributed by atoms with E-state index in [9.17, 15) is 29.8 Å². The first-order chi connectivity index (χ1) is 12.7. The van der Waals surface area contributed by atoms with Gasteiger partial charge in [-0.2, -0.15) is 0 Å². The zero-order chi connectivity index (χ0) is 20.1. The maximum atomic E-state index is 12.2. The van der Waals surface area contributed by atoms with Crippen molar-refractivity contribution in [2.75, 3.05) is 5.32 Å². The van der Waals surface area contributed by atoms with E-state index >= 15 is 0 Å². The molecule has 0 saturated heterocycles. The number of benzene rings is 2. The molecule has 0 spiro atoms. The number of nitro benzene ring substituents is 2. The summed E-state index contributed by atoms with van der Waals surface area (Å²) in [5, 5.41) is 23.8. The number of carbonyl (C=O) groups is 2. The van der Waals surface area contributed by atoms with Crippen LogP contribution < -0.4 is 5.32 Å². The standard InChI is InChI=1S/C16H12ClN3O7/c1-9(15(21)18-10-3-2-4-11(7-10)19(23)24)27-16(22)13-8-12(20(25)26)5-6-14(13)17/h2-9H,1H3,(H,18,21). The number of ether oxygens (including phenoxy) is 1. The van der Waals surface area contributed by atoms with Gasteiger partial charge in [-0.1, -0.05) is 17.7 Å². The zero-order valence-corrected chi connectivity index (χ0v) is 14.5. The van der Waals surface area contributed by atoms with Crippen LogP contribution in [0.2, 0.25) is 5.02 Å². The molecule has 1 unspecified atom stereocenters. The van der Waals surface area contributed by atoms with Crippen molar-refractivity contribution in [2.24, 2.45) is 0 Å². The van der Waals surface area contributed by atoms with E-state index in [-0.39, 0.29) is 27.6 Å². The number of nitrogens with zero attached hydrogens (tertiary/aromatic N) is 2. The fourth-order valence-corrected chi connectivity index (χ4v) is 2.20. The maximum Gasteiger partial charge on any atom is 0.340 e. The van der Waals surface area contributed by atoms with E-state index < -0.39 is 27.8 Å². The third-order valence-electron chi connectivity index (χ3n) is 3.36. The smallest absolute Gasteiger partial charge is 0.340 e. The lowest BCUT2D eigenvalue weighted by Gasteiger charge is -2.14. The van der Waals surface area contributed by atoms with E-state index in [1.54, 1.807) is 0 Å². The Bertz CT molecular complexity index is 932. The van der Waals surface area contributed by atoms with Crippen molar-refractivity contribution < 1.29 is 24.2 Å². The molecule has 1 amide bonds. The molecule has 0 radical (unpaired) electrons. The average Bonchev–Trinajstić information content (AvgIpc) is 2.61. The Balaban J connectivity index is 2.09. The molecule has 1 N–H and O–H groups in total. The highest BCUT2D eigenvalue weighted by Gasteiger charge is 2.23. The maximum absolute atomic E-state index is 12.2. The van der Waals surface area contributed by atoms with Crippen molar-refractivity contribution >= 4 is 40.5 Å².